The van der Waals surface area contributed by atoms with E-state index in [9.17, 15) is 14.0 Å². The smallest absolute Gasteiger partial charge is 0.227 e. The first kappa shape index (κ1) is 20.5. The van der Waals surface area contributed by atoms with Crippen LogP contribution in [0.2, 0.25) is 0 Å². The van der Waals surface area contributed by atoms with E-state index in [1.807, 2.05) is 0 Å². The molecule has 1 aliphatic rings. The van der Waals surface area contributed by atoms with Gasteiger partial charge in [-0.25, -0.2) is 4.39 Å². The molecule has 0 radical (unpaired) electrons. The Hall–Kier alpha value is -3.20. The molecule has 2 amide bonds. The summed E-state index contributed by atoms with van der Waals surface area (Å²) in [5.41, 5.74) is 1.70. The number of carbonyl (C=O) groups is 2. The summed E-state index contributed by atoms with van der Waals surface area (Å²) in [6.07, 6.45) is 3.06. The van der Waals surface area contributed by atoms with E-state index in [0.717, 1.165) is 0 Å². The van der Waals surface area contributed by atoms with Gasteiger partial charge in [0, 0.05) is 24.1 Å². The first-order chi connectivity index (χ1) is 14.1. The van der Waals surface area contributed by atoms with E-state index < -0.39 is 0 Å². The lowest BCUT2D eigenvalue weighted by Crippen LogP contribution is -2.36. The minimum absolute atomic E-state index is 0.0260. The van der Waals surface area contributed by atoms with E-state index in [1.165, 1.54) is 6.07 Å². The van der Waals surface area contributed by atoms with Gasteiger partial charge in [0.25, 0.3) is 0 Å². The zero-order valence-corrected chi connectivity index (χ0v) is 16.2. The Morgan fingerprint density at radius 1 is 1.00 bits per heavy atom. The molecule has 0 aliphatic heterocycles. The molecule has 0 heterocycles. The van der Waals surface area contributed by atoms with Crippen LogP contribution in [0.5, 0.6) is 0 Å². The highest BCUT2D eigenvalue weighted by molar-refractivity contribution is 5.93. The maximum absolute atomic E-state index is 13.6. The Morgan fingerprint density at radius 2 is 1.69 bits per heavy atom. The molecule has 1 saturated carbocycles. The second-order valence-corrected chi connectivity index (χ2v) is 7.36. The molecule has 0 saturated heterocycles. The fraction of sp³-hybridized carbons (Fsp3) is 0.348. The molecule has 6 heteroatoms. The van der Waals surface area contributed by atoms with Crippen LogP contribution in [0.3, 0.4) is 0 Å². The van der Waals surface area contributed by atoms with Crippen molar-refractivity contribution in [2.24, 2.45) is 11.8 Å². The summed E-state index contributed by atoms with van der Waals surface area (Å²) in [4.78, 5) is 24.8. The number of nitrogens with one attached hydrogen (secondary N) is 2. The van der Waals surface area contributed by atoms with Gasteiger partial charge < -0.3 is 10.6 Å². The molecule has 0 atom stereocenters. The van der Waals surface area contributed by atoms with Crippen molar-refractivity contribution in [2.45, 2.75) is 32.1 Å². The molecule has 1 aliphatic carbocycles. The van der Waals surface area contributed by atoms with Crippen LogP contribution in [0.4, 0.5) is 10.1 Å². The molecule has 1 fully saturated rings. The Bertz CT molecular complexity index is 914. The molecule has 0 bridgehead atoms. The van der Waals surface area contributed by atoms with Gasteiger partial charge in [-0.2, -0.15) is 5.26 Å². The highest BCUT2D eigenvalue weighted by atomic mass is 19.1. The predicted molar refractivity (Wildman–Crippen MR) is 108 cm³/mol. The van der Waals surface area contributed by atoms with Gasteiger partial charge in [-0.05, 0) is 61.9 Å². The van der Waals surface area contributed by atoms with Gasteiger partial charge in [0.05, 0.1) is 11.6 Å². The summed E-state index contributed by atoms with van der Waals surface area (Å²) in [6, 6.07) is 15.4. The zero-order chi connectivity index (χ0) is 20.6. The predicted octanol–water partition coefficient (Wildman–Crippen LogP) is 3.80. The van der Waals surface area contributed by atoms with E-state index >= 15 is 0 Å². The molecular formula is C23H24FN3O2. The lowest BCUT2D eigenvalue weighted by molar-refractivity contribution is -0.128. The zero-order valence-electron chi connectivity index (χ0n) is 16.2. The van der Waals surface area contributed by atoms with Crippen LogP contribution in [0.25, 0.3) is 0 Å². The highest BCUT2D eigenvalue weighted by Gasteiger charge is 2.29. The number of carbonyl (C=O) groups excluding carboxylic acids is 2. The van der Waals surface area contributed by atoms with Gasteiger partial charge in [-0.3, -0.25) is 9.59 Å². The Labute approximate surface area is 169 Å². The van der Waals surface area contributed by atoms with E-state index in [0.29, 0.717) is 55.5 Å². The standard InChI is InChI=1S/C23H24FN3O2/c24-21-7-2-1-5-17(21)12-13-26-22(28)18-8-10-19(11-9-18)23(29)27-20-6-3-4-16(14-20)15-25/h1-7,14,18-19H,8-13H2,(H,26,28)(H,27,29). The van der Waals surface area contributed by atoms with Crippen molar-refractivity contribution >= 4 is 17.5 Å². The number of nitrogens with zero attached hydrogens (tertiary/aromatic N) is 1. The Morgan fingerprint density at radius 3 is 2.38 bits per heavy atom. The SMILES string of the molecule is N#Cc1cccc(NC(=O)C2CCC(C(=O)NCCc3ccccc3F)CC2)c1. The molecule has 0 aromatic heterocycles. The molecule has 0 unspecified atom stereocenters. The van der Waals surface area contributed by atoms with Crippen LogP contribution < -0.4 is 10.6 Å². The maximum Gasteiger partial charge on any atom is 0.227 e. The fourth-order valence-electron chi connectivity index (χ4n) is 3.69. The summed E-state index contributed by atoms with van der Waals surface area (Å²) in [6.45, 7) is 0.398. The maximum atomic E-state index is 13.6. The minimum atomic E-state index is -0.256. The largest absolute Gasteiger partial charge is 0.356 e. The van der Waals surface area contributed by atoms with Crippen LogP contribution in [0, 0.1) is 29.0 Å². The second kappa shape index (κ2) is 9.83. The van der Waals surface area contributed by atoms with Gasteiger partial charge in [0.15, 0.2) is 0 Å². The van der Waals surface area contributed by atoms with Crippen molar-refractivity contribution in [1.29, 1.82) is 5.26 Å². The fourth-order valence-corrected chi connectivity index (χ4v) is 3.69. The summed E-state index contributed by atoms with van der Waals surface area (Å²) in [5, 5.41) is 14.7. The Kier molecular flexibility index (Phi) is 6.96. The normalized spacial score (nSPS) is 18.5. The van der Waals surface area contributed by atoms with Crippen molar-refractivity contribution in [1.82, 2.24) is 5.32 Å². The van der Waals surface area contributed by atoms with Crippen molar-refractivity contribution in [3.63, 3.8) is 0 Å². The number of hydrogen-bond donors (Lipinski definition) is 2. The van der Waals surface area contributed by atoms with Crippen molar-refractivity contribution in [3.8, 4) is 6.07 Å². The van der Waals surface area contributed by atoms with Crippen LogP contribution >= 0.6 is 0 Å². The van der Waals surface area contributed by atoms with Crippen LogP contribution in [-0.4, -0.2) is 18.4 Å². The topological polar surface area (TPSA) is 82.0 Å². The molecule has 150 valence electrons. The van der Waals surface area contributed by atoms with E-state index in [4.69, 9.17) is 5.26 Å². The molecule has 2 aromatic rings. The average Bonchev–Trinajstić information content (AvgIpc) is 2.75. The molecule has 5 nitrogen and oxygen atoms in total. The number of anilines is 1. The Balaban J connectivity index is 1.42. The second-order valence-electron chi connectivity index (χ2n) is 7.36. The van der Waals surface area contributed by atoms with Crippen molar-refractivity contribution < 1.29 is 14.0 Å². The number of benzene rings is 2. The first-order valence-electron chi connectivity index (χ1n) is 9.89. The summed E-state index contributed by atoms with van der Waals surface area (Å²) >= 11 is 0. The van der Waals surface area contributed by atoms with Gasteiger partial charge in [-0.1, -0.05) is 24.3 Å². The highest BCUT2D eigenvalue weighted by Crippen LogP contribution is 2.30. The number of hydrogen-bond acceptors (Lipinski definition) is 3. The number of rotatable bonds is 6. The summed E-state index contributed by atoms with van der Waals surface area (Å²) in [5.74, 6) is -0.598. The van der Waals surface area contributed by atoms with Crippen molar-refractivity contribution in [3.05, 3.63) is 65.5 Å². The molecule has 29 heavy (non-hydrogen) atoms. The average molecular weight is 393 g/mol. The van der Waals surface area contributed by atoms with Crippen LogP contribution in [0.1, 0.15) is 36.8 Å². The molecule has 0 spiro atoms. The lowest BCUT2D eigenvalue weighted by Gasteiger charge is -2.27. The lowest BCUT2D eigenvalue weighted by atomic mass is 9.81. The quantitative estimate of drug-likeness (QED) is 0.783. The number of nitriles is 1. The van der Waals surface area contributed by atoms with Crippen molar-refractivity contribution in [2.75, 3.05) is 11.9 Å². The van der Waals surface area contributed by atoms with Gasteiger partial charge in [-0.15, -0.1) is 0 Å². The van der Waals surface area contributed by atoms with Gasteiger partial charge in [0.2, 0.25) is 11.8 Å². The monoisotopic (exact) mass is 393 g/mol. The van der Waals surface area contributed by atoms with Gasteiger partial charge in [0.1, 0.15) is 5.82 Å². The third-order valence-corrected chi connectivity index (χ3v) is 5.38. The third kappa shape index (κ3) is 5.64. The molecule has 2 aromatic carbocycles. The van der Waals surface area contributed by atoms with E-state index in [1.54, 1.807) is 42.5 Å². The van der Waals surface area contributed by atoms with Crippen LogP contribution in [-0.2, 0) is 16.0 Å². The van der Waals surface area contributed by atoms with E-state index in [-0.39, 0.29) is 29.5 Å². The minimum Gasteiger partial charge on any atom is -0.356 e. The van der Waals surface area contributed by atoms with E-state index in [2.05, 4.69) is 16.7 Å². The molecular weight excluding hydrogens is 369 g/mol. The first-order valence-corrected chi connectivity index (χ1v) is 9.89. The molecule has 2 N–H and O–H groups in total. The summed E-state index contributed by atoms with van der Waals surface area (Å²) < 4.78 is 13.6. The summed E-state index contributed by atoms with van der Waals surface area (Å²) in [7, 11) is 0. The van der Waals surface area contributed by atoms with Crippen LogP contribution in [0.15, 0.2) is 48.5 Å². The van der Waals surface area contributed by atoms with Gasteiger partial charge >= 0.3 is 0 Å². The number of halogens is 1. The third-order valence-electron chi connectivity index (χ3n) is 5.38. The molecule has 3 rings (SSSR count). The number of amides is 2.